The minimum Gasteiger partial charge on any atom is -0.271 e. The van der Waals surface area contributed by atoms with Crippen LogP contribution in [0.1, 0.15) is 23.6 Å². The summed E-state index contributed by atoms with van der Waals surface area (Å²) in [5.41, 5.74) is 5.41. The van der Waals surface area contributed by atoms with Crippen LogP contribution in [0.15, 0.2) is 42.5 Å². The number of benzene rings is 2. The number of nitrogens with two attached hydrogens (primary N) is 1. The maximum atomic E-state index is 13.7. The maximum Gasteiger partial charge on any atom is 0.162 e. The molecule has 2 aromatic carbocycles. The first-order valence-corrected chi connectivity index (χ1v) is 7.10. The quantitative estimate of drug-likeness (QED) is 0.633. The second-order valence-electron chi connectivity index (χ2n) is 5.15. The molecule has 0 aliphatic heterocycles. The van der Waals surface area contributed by atoms with Gasteiger partial charge in [0.05, 0.1) is 0 Å². The fourth-order valence-corrected chi connectivity index (χ4v) is 2.36. The van der Waals surface area contributed by atoms with E-state index in [2.05, 4.69) is 24.5 Å². The molecule has 0 saturated carbocycles. The van der Waals surface area contributed by atoms with Gasteiger partial charge in [0.15, 0.2) is 11.6 Å². The molecule has 0 aliphatic carbocycles. The third-order valence-corrected chi connectivity index (χ3v) is 3.65. The van der Waals surface area contributed by atoms with Crippen molar-refractivity contribution in [1.82, 2.24) is 5.43 Å². The number of nitrogens with one attached hydrogen (secondary N) is 1. The van der Waals surface area contributed by atoms with E-state index in [1.807, 2.05) is 12.1 Å². The number of rotatable bonds is 6. The highest BCUT2D eigenvalue weighted by atomic mass is 19.2. The summed E-state index contributed by atoms with van der Waals surface area (Å²) in [6, 6.07) is 12.3. The normalized spacial score (nSPS) is 12.4. The summed E-state index contributed by atoms with van der Waals surface area (Å²) in [5, 5.41) is 0. The summed E-state index contributed by atoms with van der Waals surface area (Å²) in [6.07, 6.45) is 2.00. The Morgan fingerprint density at radius 1 is 1.00 bits per heavy atom. The molecule has 0 radical (unpaired) electrons. The van der Waals surface area contributed by atoms with Gasteiger partial charge in [0.1, 0.15) is 0 Å². The van der Waals surface area contributed by atoms with Gasteiger partial charge in [0, 0.05) is 6.04 Å². The average Bonchev–Trinajstić information content (AvgIpc) is 2.51. The van der Waals surface area contributed by atoms with Crippen molar-refractivity contribution in [3.8, 4) is 0 Å². The first-order valence-electron chi connectivity index (χ1n) is 7.10. The summed E-state index contributed by atoms with van der Waals surface area (Å²) in [5.74, 6) is 3.93. The molecule has 0 fully saturated rings. The zero-order valence-corrected chi connectivity index (χ0v) is 12.1. The average molecular weight is 290 g/mol. The van der Waals surface area contributed by atoms with Gasteiger partial charge in [-0.05, 0) is 42.0 Å². The highest BCUT2D eigenvalue weighted by Gasteiger charge is 2.14. The van der Waals surface area contributed by atoms with Crippen LogP contribution in [-0.2, 0) is 19.3 Å². The first-order chi connectivity index (χ1) is 10.1. The Hall–Kier alpha value is -1.78. The van der Waals surface area contributed by atoms with Gasteiger partial charge in [0.25, 0.3) is 0 Å². The van der Waals surface area contributed by atoms with Crippen molar-refractivity contribution in [1.29, 1.82) is 0 Å². The molecule has 2 aromatic rings. The molecule has 0 saturated heterocycles. The molecule has 0 bridgehead atoms. The molecule has 2 rings (SSSR count). The largest absolute Gasteiger partial charge is 0.271 e. The Balaban J connectivity index is 2.07. The Bertz CT molecular complexity index is 582. The SMILES string of the molecule is CCc1ccc(CC(Cc2cccc(F)c2F)NN)cc1. The molecule has 0 amide bonds. The summed E-state index contributed by atoms with van der Waals surface area (Å²) >= 11 is 0. The van der Waals surface area contributed by atoms with Crippen molar-refractivity contribution in [2.24, 2.45) is 5.84 Å². The van der Waals surface area contributed by atoms with Crippen LogP contribution in [0, 0.1) is 11.6 Å². The maximum absolute atomic E-state index is 13.7. The van der Waals surface area contributed by atoms with Crippen molar-refractivity contribution in [3.63, 3.8) is 0 Å². The fraction of sp³-hybridized carbons (Fsp3) is 0.294. The zero-order valence-electron chi connectivity index (χ0n) is 12.1. The molecule has 0 spiro atoms. The summed E-state index contributed by atoms with van der Waals surface area (Å²) in [4.78, 5) is 0. The minimum atomic E-state index is -0.824. The van der Waals surface area contributed by atoms with Crippen LogP contribution in [0.2, 0.25) is 0 Å². The molecule has 2 nitrogen and oxygen atoms in total. The third-order valence-electron chi connectivity index (χ3n) is 3.65. The first kappa shape index (κ1) is 15.6. The van der Waals surface area contributed by atoms with Gasteiger partial charge in [-0.1, -0.05) is 43.3 Å². The van der Waals surface area contributed by atoms with Crippen LogP contribution < -0.4 is 11.3 Å². The summed E-state index contributed by atoms with van der Waals surface area (Å²) < 4.78 is 26.9. The highest BCUT2D eigenvalue weighted by Crippen LogP contribution is 2.15. The molecule has 1 atom stereocenters. The Kier molecular flexibility index (Phi) is 5.42. The van der Waals surface area contributed by atoms with Crippen molar-refractivity contribution in [2.75, 3.05) is 0 Å². The van der Waals surface area contributed by atoms with Crippen molar-refractivity contribution in [3.05, 3.63) is 70.8 Å². The van der Waals surface area contributed by atoms with E-state index in [1.54, 1.807) is 6.07 Å². The van der Waals surface area contributed by atoms with E-state index in [0.717, 1.165) is 18.1 Å². The molecule has 0 heterocycles. The third kappa shape index (κ3) is 4.09. The van der Waals surface area contributed by atoms with Gasteiger partial charge in [-0.25, -0.2) is 8.78 Å². The van der Waals surface area contributed by atoms with Crippen LogP contribution in [0.3, 0.4) is 0 Å². The van der Waals surface area contributed by atoms with Crippen LogP contribution in [0.25, 0.3) is 0 Å². The van der Waals surface area contributed by atoms with Gasteiger partial charge in [0.2, 0.25) is 0 Å². The van der Waals surface area contributed by atoms with E-state index in [-0.39, 0.29) is 6.04 Å². The molecule has 4 heteroatoms. The van der Waals surface area contributed by atoms with Gasteiger partial charge in [-0.15, -0.1) is 0 Å². The van der Waals surface area contributed by atoms with E-state index < -0.39 is 11.6 Å². The number of hydrogen-bond acceptors (Lipinski definition) is 2. The summed E-state index contributed by atoms with van der Waals surface area (Å²) in [6.45, 7) is 2.10. The topological polar surface area (TPSA) is 38.0 Å². The van der Waals surface area contributed by atoms with Crippen LogP contribution in [-0.4, -0.2) is 6.04 Å². The van der Waals surface area contributed by atoms with Gasteiger partial charge in [-0.2, -0.15) is 0 Å². The van der Waals surface area contributed by atoms with Gasteiger partial charge in [-0.3, -0.25) is 11.3 Å². The number of hydrazine groups is 1. The van der Waals surface area contributed by atoms with Crippen LogP contribution in [0.4, 0.5) is 8.78 Å². The fourth-order valence-electron chi connectivity index (χ4n) is 2.36. The van der Waals surface area contributed by atoms with E-state index in [9.17, 15) is 8.78 Å². The summed E-state index contributed by atoms with van der Waals surface area (Å²) in [7, 11) is 0. The predicted octanol–water partition coefficient (Wildman–Crippen LogP) is 3.14. The van der Waals surface area contributed by atoms with Crippen LogP contribution in [0.5, 0.6) is 0 Å². The zero-order chi connectivity index (χ0) is 15.2. The van der Waals surface area contributed by atoms with Gasteiger partial charge < -0.3 is 0 Å². The molecular weight excluding hydrogens is 270 g/mol. The van der Waals surface area contributed by atoms with E-state index in [0.29, 0.717) is 18.4 Å². The smallest absolute Gasteiger partial charge is 0.162 e. The molecule has 1 unspecified atom stereocenters. The lowest BCUT2D eigenvalue weighted by atomic mass is 9.98. The molecule has 0 aromatic heterocycles. The number of halogens is 2. The lowest BCUT2D eigenvalue weighted by Gasteiger charge is -2.17. The van der Waals surface area contributed by atoms with Gasteiger partial charge >= 0.3 is 0 Å². The number of hydrogen-bond donors (Lipinski definition) is 2. The second kappa shape index (κ2) is 7.29. The Morgan fingerprint density at radius 2 is 1.67 bits per heavy atom. The minimum absolute atomic E-state index is 0.145. The van der Waals surface area contributed by atoms with Crippen LogP contribution >= 0.6 is 0 Å². The predicted molar refractivity (Wildman–Crippen MR) is 80.7 cm³/mol. The van der Waals surface area contributed by atoms with E-state index >= 15 is 0 Å². The molecule has 21 heavy (non-hydrogen) atoms. The lowest BCUT2D eigenvalue weighted by molar-refractivity contribution is 0.474. The Labute approximate surface area is 124 Å². The molecule has 112 valence electrons. The second-order valence-corrected chi connectivity index (χ2v) is 5.15. The molecule has 3 N–H and O–H groups in total. The van der Waals surface area contributed by atoms with Crippen molar-refractivity contribution < 1.29 is 8.78 Å². The standard InChI is InChI=1S/C17H20F2N2/c1-2-12-6-8-13(9-7-12)10-15(21-20)11-14-4-3-5-16(18)17(14)19/h3-9,15,21H,2,10-11,20H2,1H3. The molecule has 0 aliphatic rings. The monoisotopic (exact) mass is 290 g/mol. The number of aryl methyl sites for hydroxylation is 1. The Morgan fingerprint density at radius 3 is 2.29 bits per heavy atom. The lowest BCUT2D eigenvalue weighted by Crippen LogP contribution is -2.38. The van der Waals surface area contributed by atoms with E-state index in [4.69, 9.17) is 5.84 Å². The highest BCUT2D eigenvalue weighted by molar-refractivity contribution is 5.25. The molecular formula is C17H20F2N2. The van der Waals surface area contributed by atoms with E-state index in [1.165, 1.54) is 11.6 Å². The van der Waals surface area contributed by atoms with Crippen molar-refractivity contribution in [2.45, 2.75) is 32.2 Å². The van der Waals surface area contributed by atoms with Crippen molar-refractivity contribution >= 4 is 0 Å².